The number of carbonyl (C=O) groups is 1. The molecule has 0 aromatic carbocycles. The first-order valence-electron chi connectivity index (χ1n) is 7.79. The molecule has 1 aliphatic heterocycles. The molecule has 2 heterocycles. The van der Waals surface area contributed by atoms with Crippen LogP contribution in [0.2, 0.25) is 0 Å². The van der Waals surface area contributed by atoms with Crippen LogP contribution in [0.4, 0.5) is 0 Å². The summed E-state index contributed by atoms with van der Waals surface area (Å²) in [6.45, 7) is 4.78. The molecule has 24 heavy (non-hydrogen) atoms. The number of nitrogens with zero attached hydrogens (tertiary/aromatic N) is 1. The first-order chi connectivity index (χ1) is 11.2. The van der Waals surface area contributed by atoms with Gasteiger partial charge in [-0.15, -0.1) is 0 Å². The molecule has 1 aliphatic rings. The van der Waals surface area contributed by atoms with Crippen molar-refractivity contribution in [1.29, 1.82) is 0 Å². The SMILES string of the molecule is Cc1cn([C@H]2CC(OC(=O)C(N)C(C)C)[C@@H](CO)O2)c(=O)[nH]c1=O. The third kappa shape index (κ3) is 3.74. The van der Waals surface area contributed by atoms with Crippen molar-refractivity contribution in [2.45, 2.75) is 51.7 Å². The quantitative estimate of drug-likeness (QED) is 0.585. The number of hydrogen-bond acceptors (Lipinski definition) is 7. The summed E-state index contributed by atoms with van der Waals surface area (Å²) < 4.78 is 12.2. The minimum absolute atomic E-state index is 0.0901. The van der Waals surface area contributed by atoms with E-state index >= 15 is 0 Å². The van der Waals surface area contributed by atoms with Crippen LogP contribution >= 0.6 is 0 Å². The lowest BCUT2D eigenvalue weighted by Crippen LogP contribution is -2.41. The molecule has 2 unspecified atom stereocenters. The van der Waals surface area contributed by atoms with Crippen molar-refractivity contribution < 1.29 is 19.4 Å². The predicted octanol–water partition coefficient (Wildman–Crippen LogP) is -0.980. The fourth-order valence-corrected chi connectivity index (χ4v) is 2.46. The van der Waals surface area contributed by atoms with Gasteiger partial charge in [0.05, 0.1) is 6.61 Å². The number of hydrogen-bond donors (Lipinski definition) is 3. The lowest BCUT2D eigenvalue weighted by atomic mass is 10.1. The summed E-state index contributed by atoms with van der Waals surface area (Å²) in [5, 5.41) is 9.44. The summed E-state index contributed by atoms with van der Waals surface area (Å²) >= 11 is 0. The van der Waals surface area contributed by atoms with Crippen LogP contribution in [0.1, 0.15) is 32.1 Å². The average molecular weight is 341 g/mol. The van der Waals surface area contributed by atoms with Crippen LogP contribution in [0.5, 0.6) is 0 Å². The third-order valence-corrected chi connectivity index (χ3v) is 4.07. The average Bonchev–Trinajstić information content (AvgIpc) is 2.92. The minimum atomic E-state index is -0.776. The van der Waals surface area contributed by atoms with E-state index in [0.717, 1.165) is 0 Å². The Labute approximate surface area is 138 Å². The van der Waals surface area contributed by atoms with E-state index in [2.05, 4.69) is 4.98 Å². The Balaban J connectivity index is 2.18. The topological polar surface area (TPSA) is 137 Å². The van der Waals surface area contributed by atoms with Crippen molar-refractivity contribution in [1.82, 2.24) is 9.55 Å². The largest absolute Gasteiger partial charge is 0.458 e. The van der Waals surface area contributed by atoms with Crippen molar-refractivity contribution in [3.8, 4) is 0 Å². The first-order valence-corrected chi connectivity index (χ1v) is 7.79. The standard InChI is InChI=1S/C15H23N3O6/c1-7(2)12(16)14(21)24-9-4-11(23-10(9)6-19)18-5-8(3)13(20)17-15(18)22/h5,7,9-12,19H,4,6,16H2,1-3H3,(H,17,20,22)/t9?,10-,11-,12?/m1/s1. The summed E-state index contributed by atoms with van der Waals surface area (Å²) in [5.41, 5.74) is 5.01. The second kappa shape index (κ2) is 7.29. The highest BCUT2D eigenvalue weighted by atomic mass is 16.6. The Hall–Kier alpha value is -1.97. The minimum Gasteiger partial charge on any atom is -0.458 e. The molecule has 1 aromatic heterocycles. The van der Waals surface area contributed by atoms with Crippen LogP contribution in [0.25, 0.3) is 0 Å². The molecule has 0 spiro atoms. The van der Waals surface area contributed by atoms with Crippen molar-refractivity contribution in [2.75, 3.05) is 6.61 Å². The lowest BCUT2D eigenvalue weighted by molar-refractivity contribution is -0.155. The molecule has 0 bridgehead atoms. The second-order valence-corrected chi connectivity index (χ2v) is 6.27. The third-order valence-electron chi connectivity index (χ3n) is 4.07. The number of aliphatic hydroxyl groups excluding tert-OH is 1. The molecule has 9 nitrogen and oxygen atoms in total. The Bertz CT molecular complexity index is 710. The van der Waals surface area contributed by atoms with Gasteiger partial charge in [-0.25, -0.2) is 4.79 Å². The first kappa shape index (κ1) is 18.4. The Morgan fingerprint density at radius 3 is 2.79 bits per heavy atom. The number of nitrogens with two attached hydrogens (primary N) is 1. The van der Waals surface area contributed by atoms with Gasteiger partial charge < -0.3 is 20.3 Å². The normalized spacial score (nSPS) is 25.0. The highest BCUT2D eigenvalue weighted by Crippen LogP contribution is 2.30. The molecule has 9 heteroatoms. The van der Waals surface area contributed by atoms with Crippen LogP contribution in [0.3, 0.4) is 0 Å². The van der Waals surface area contributed by atoms with E-state index in [-0.39, 0.29) is 18.9 Å². The lowest BCUT2D eigenvalue weighted by Gasteiger charge is -2.20. The number of esters is 1. The molecule has 134 valence electrons. The highest BCUT2D eigenvalue weighted by molar-refractivity contribution is 5.76. The Morgan fingerprint density at radius 1 is 1.54 bits per heavy atom. The fourth-order valence-electron chi connectivity index (χ4n) is 2.46. The number of aliphatic hydroxyl groups is 1. The van der Waals surface area contributed by atoms with Gasteiger partial charge in [0.1, 0.15) is 24.5 Å². The van der Waals surface area contributed by atoms with Crippen LogP contribution < -0.4 is 17.0 Å². The van der Waals surface area contributed by atoms with Crippen LogP contribution in [0.15, 0.2) is 15.8 Å². The molecule has 2 rings (SSSR count). The Kier molecular flexibility index (Phi) is 5.58. The number of nitrogens with one attached hydrogen (secondary N) is 1. The molecule has 4 N–H and O–H groups in total. The van der Waals surface area contributed by atoms with Crippen LogP contribution in [0, 0.1) is 12.8 Å². The van der Waals surface area contributed by atoms with Crippen molar-refractivity contribution in [3.63, 3.8) is 0 Å². The Morgan fingerprint density at radius 2 is 2.21 bits per heavy atom. The monoisotopic (exact) mass is 341 g/mol. The molecule has 0 radical (unpaired) electrons. The van der Waals surface area contributed by atoms with Gasteiger partial charge in [0, 0.05) is 18.2 Å². The number of aryl methyl sites for hydroxylation is 1. The number of rotatable bonds is 5. The second-order valence-electron chi connectivity index (χ2n) is 6.27. The number of H-pyrrole nitrogens is 1. The van der Waals surface area contributed by atoms with E-state index in [1.54, 1.807) is 20.8 Å². The van der Waals surface area contributed by atoms with Crippen molar-refractivity contribution >= 4 is 5.97 Å². The number of aromatic amines is 1. The molecule has 0 saturated carbocycles. The van der Waals surface area contributed by atoms with Gasteiger partial charge in [-0.05, 0) is 12.8 Å². The maximum Gasteiger partial charge on any atom is 0.330 e. The van der Waals surface area contributed by atoms with E-state index in [0.29, 0.717) is 5.56 Å². The smallest absolute Gasteiger partial charge is 0.330 e. The maximum absolute atomic E-state index is 12.0. The molecule has 1 aromatic rings. The van der Waals surface area contributed by atoms with E-state index < -0.39 is 41.7 Å². The van der Waals surface area contributed by atoms with Gasteiger partial charge >= 0.3 is 11.7 Å². The van der Waals surface area contributed by atoms with E-state index in [9.17, 15) is 19.5 Å². The summed E-state index contributed by atoms with van der Waals surface area (Å²) in [4.78, 5) is 37.6. The van der Waals surface area contributed by atoms with Gasteiger partial charge in [0.15, 0.2) is 0 Å². The molecule has 4 atom stereocenters. The fraction of sp³-hybridized carbons (Fsp3) is 0.667. The predicted molar refractivity (Wildman–Crippen MR) is 84.4 cm³/mol. The van der Waals surface area contributed by atoms with Gasteiger partial charge in [-0.1, -0.05) is 13.8 Å². The van der Waals surface area contributed by atoms with E-state index in [1.165, 1.54) is 10.8 Å². The van der Waals surface area contributed by atoms with Crippen LogP contribution in [-0.4, -0.2) is 45.5 Å². The zero-order valence-corrected chi connectivity index (χ0v) is 13.9. The maximum atomic E-state index is 12.0. The number of aromatic nitrogens is 2. The summed E-state index contributed by atoms with van der Waals surface area (Å²) in [6.07, 6.45) is -0.690. The summed E-state index contributed by atoms with van der Waals surface area (Å²) in [5.74, 6) is -0.671. The van der Waals surface area contributed by atoms with Crippen LogP contribution in [-0.2, 0) is 14.3 Å². The van der Waals surface area contributed by atoms with Crippen molar-refractivity contribution in [3.05, 3.63) is 32.6 Å². The van der Waals surface area contributed by atoms with Gasteiger partial charge in [-0.2, -0.15) is 0 Å². The number of carbonyl (C=O) groups excluding carboxylic acids is 1. The van der Waals surface area contributed by atoms with Gasteiger partial charge in [0.2, 0.25) is 0 Å². The van der Waals surface area contributed by atoms with Gasteiger partial charge in [0.25, 0.3) is 5.56 Å². The highest BCUT2D eigenvalue weighted by Gasteiger charge is 2.39. The summed E-state index contributed by atoms with van der Waals surface area (Å²) in [7, 11) is 0. The van der Waals surface area contributed by atoms with Gasteiger partial charge in [-0.3, -0.25) is 19.1 Å². The zero-order valence-electron chi connectivity index (χ0n) is 13.9. The molecular weight excluding hydrogens is 318 g/mol. The van der Waals surface area contributed by atoms with Crippen molar-refractivity contribution in [2.24, 2.45) is 11.7 Å². The molecule has 1 saturated heterocycles. The zero-order chi connectivity index (χ0) is 18.0. The number of ether oxygens (including phenoxy) is 2. The molecule has 1 fully saturated rings. The van der Waals surface area contributed by atoms with E-state index in [1.807, 2.05) is 0 Å². The molecule has 0 aliphatic carbocycles. The molecule has 0 amide bonds. The van der Waals surface area contributed by atoms with E-state index in [4.69, 9.17) is 15.2 Å². The summed E-state index contributed by atoms with van der Waals surface area (Å²) in [6, 6.07) is -0.776. The molecular formula is C15H23N3O6.